The van der Waals surface area contributed by atoms with Crippen molar-refractivity contribution in [3.05, 3.63) is 0 Å². The van der Waals surface area contributed by atoms with Gasteiger partial charge < -0.3 is 14.6 Å². The van der Waals surface area contributed by atoms with Crippen LogP contribution in [0.1, 0.15) is 34.1 Å². The fourth-order valence-corrected chi connectivity index (χ4v) is 2.01. The minimum atomic E-state index is -0.594. The van der Waals surface area contributed by atoms with Crippen molar-refractivity contribution >= 4 is 6.09 Å². The van der Waals surface area contributed by atoms with Gasteiger partial charge in [-0.25, -0.2) is 4.79 Å². The molecule has 1 unspecified atom stereocenters. The van der Waals surface area contributed by atoms with Gasteiger partial charge in [-0.1, -0.05) is 0 Å². The number of aliphatic hydroxyl groups is 1. The highest BCUT2D eigenvalue weighted by atomic mass is 16.6. The normalized spacial score (nSPS) is 29.5. The molecule has 5 heteroatoms. The molecule has 1 N–H and O–H groups in total. The molecular formula is C12H23NO4. The van der Waals surface area contributed by atoms with Crippen LogP contribution in [0.25, 0.3) is 0 Å². The van der Waals surface area contributed by atoms with Gasteiger partial charge in [0.05, 0.1) is 24.8 Å². The maximum atomic E-state index is 12.0. The van der Waals surface area contributed by atoms with Gasteiger partial charge in [0, 0.05) is 13.5 Å². The monoisotopic (exact) mass is 245 g/mol. The van der Waals surface area contributed by atoms with Crippen LogP contribution in [0.5, 0.6) is 0 Å². The Kier molecular flexibility index (Phi) is 4.04. The van der Waals surface area contributed by atoms with E-state index >= 15 is 0 Å². The van der Waals surface area contributed by atoms with Crippen LogP contribution in [-0.4, -0.2) is 53.6 Å². The summed E-state index contributed by atoms with van der Waals surface area (Å²) < 4.78 is 10.6. The predicted octanol–water partition coefficient (Wildman–Crippen LogP) is 1.39. The third-order valence-electron chi connectivity index (χ3n) is 2.99. The van der Waals surface area contributed by atoms with Crippen molar-refractivity contribution in [3.63, 3.8) is 0 Å². The molecule has 0 aromatic carbocycles. The molecule has 1 amide bonds. The van der Waals surface area contributed by atoms with Crippen molar-refractivity contribution in [2.24, 2.45) is 0 Å². The number of carbonyl (C=O) groups excluding carboxylic acids is 1. The van der Waals surface area contributed by atoms with Crippen LogP contribution in [-0.2, 0) is 9.47 Å². The van der Waals surface area contributed by atoms with Crippen molar-refractivity contribution in [2.45, 2.75) is 51.4 Å². The molecule has 1 fully saturated rings. The van der Waals surface area contributed by atoms with Gasteiger partial charge in [-0.2, -0.15) is 0 Å². The highest BCUT2D eigenvalue weighted by molar-refractivity contribution is 5.69. The Bertz CT molecular complexity index is 287. The third-order valence-corrected chi connectivity index (χ3v) is 2.99. The fraction of sp³-hybridized carbons (Fsp3) is 0.917. The van der Waals surface area contributed by atoms with E-state index in [1.807, 2.05) is 27.7 Å². The van der Waals surface area contributed by atoms with Gasteiger partial charge in [0.15, 0.2) is 0 Å². The molecule has 0 spiro atoms. The molecule has 0 aromatic rings. The van der Waals surface area contributed by atoms with Crippen molar-refractivity contribution in [2.75, 3.05) is 20.3 Å². The van der Waals surface area contributed by atoms with E-state index in [0.29, 0.717) is 13.0 Å². The molecule has 0 radical (unpaired) electrons. The maximum absolute atomic E-state index is 12.0. The van der Waals surface area contributed by atoms with E-state index in [9.17, 15) is 9.90 Å². The maximum Gasteiger partial charge on any atom is 0.410 e. The summed E-state index contributed by atoms with van der Waals surface area (Å²) in [6.45, 7) is 7.69. The number of hydrogen-bond donors (Lipinski definition) is 1. The SMILES string of the molecule is CO[C@H]1CN(C(=O)OC(C)(C)C)C(C)(CO)C1. The molecule has 0 bridgehead atoms. The van der Waals surface area contributed by atoms with Gasteiger partial charge >= 0.3 is 6.09 Å². The number of rotatable bonds is 2. The van der Waals surface area contributed by atoms with Gasteiger partial charge in [-0.3, -0.25) is 4.90 Å². The van der Waals surface area contributed by atoms with E-state index in [-0.39, 0.29) is 12.7 Å². The molecule has 0 saturated carbocycles. The van der Waals surface area contributed by atoms with Gasteiger partial charge in [0.1, 0.15) is 5.60 Å². The van der Waals surface area contributed by atoms with Crippen molar-refractivity contribution in [1.29, 1.82) is 0 Å². The zero-order chi connectivity index (χ0) is 13.3. The van der Waals surface area contributed by atoms with Crippen LogP contribution in [0.2, 0.25) is 0 Å². The lowest BCUT2D eigenvalue weighted by Crippen LogP contribution is -2.49. The summed E-state index contributed by atoms with van der Waals surface area (Å²) in [7, 11) is 1.61. The number of ether oxygens (including phenoxy) is 2. The number of likely N-dealkylation sites (tertiary alicyclic amines) is 1. The first-order valence-corrected chi connectivity index (χ1v) is 5.86. The largest absolute Gasteiger partial charge is 0.444 e. The van der Waals surface area contributed by atoms with Crippen LogP contribution in [0.4, 0.5) is 4.79 Å². The van der Waals surface area contributed by atoms with Crippen molar-refractivity contribution in [3.8, 4) is 0 Å². The first kappa shape index (κ1) is 14.3. The first-order chi connectivity index (χ1) is 7.72. The molecule has 1 saturated heterocycles. The fourth-order valence-electron chi connectivity index (χ4n) is 2.01. The van der Waals surface area contributed by atoms with Crippen LogP contribution in [0.3, 0.4) is 0 Å². The lowest BCUT2D eigenvalue weighted by atomic mass is 10.00. The Balaban J connectivity index is 2.77. The van der Waals surface area contributed by atoms with Crippen LogP contribution in [0, 0.1) is 0 Å². The Hall–Kier alpha value is -0.810. The molecular weight excluding hydrogens is 222 g/mol. The Morgan fingerprint density at radius 1 is 1.53 bits per heavy atom. The highest BCUT2D eigenvalue weighted by Gasteiger charge is 2.46. The summed E-state index contributed by atoms with van der Waals surface area (Å²) in [6, 6.07) is 0. The first-order valence-electron chi connectivity index (χ1n) is 5.86. The average molecular weight is 245 g/mol. The van der Waals surface area contributed by atoms with E-state index < -0.39 is 17.2 Å². The predicted molar refractivity (Wildman–Crippen MR) is 63.8 cm³/mol. The molecule has 1 heterocycles. The van der Waals surface area contributed by atoms with Gasteiger partial charge in [-0.05, 0) is 27.7 Å². The summed E-state index contributed by atoms with van der Waals surface area (Å²) in [6.07, 6.45) is 0.187. The molecule has 1 rings (SSSR count). The van der Waals surface area contributed by atoms with Crippen molar-refractivity contribution < 1.29 is 19.4 Å². The smallest absolute Gasteiger partial charge is 0.410 e. The number of aliphatic hydroxyl groups excluding tert-OH is 1. The zero-order valence-electron chi connectivity index (χ0n) is 11.3. The molecule has 17 heavy (non-hydrogen) atoms. The number of nitrogens with zero attached hydrogens (tertiary/aromatic N) is 1. The summed E-state index contributed by atoms with van der Waals surface area (Å²) in [4.78, 5) is 13.6. The standard InChI is InChI=1S/C12H23NO4/c1-11(2,3)17-10(15)13-7-9(16-5)6-12(13,4)8-14/h9,14H,6-8H2,1-5H3/t9-,12?/m1/s1. The number of hydrogen-bond acceptors (Lipinski definition) is 4. The van der Waals surface area contributed by atoms with Gasteiger partial charge in [-0.15, -0.1) is 0 Å². The van der Waals surface area contributed by atoms with Crippen LogP contribution >= 0.6 is 0 Å². The second-order valence-corrected chi connectivity index (χ2v) is 5.81. The summed E-state index contributed by atoms with van der Waals surface area (Å²) in [5, 5.41) is 9.45. The van der Waals surface area contributed by atoms with E-state index in [1.54, 1.807) is 12.0 Å². The third kappa shape index (κ3) is 3.33. The van der Waals surface area contributed by atoms with Gasteiger partial charge in [0.25, 0.3) is 0 Å². The van der Waals surface area contributed by atoms with E-state index in [1.165, 1.54) is 0 Å². The quantitative estimate of drug-likeness (QED) is 0.798. The minimum Gasteiger partial charge on any atom is -0.444 e. The summed E-state index contributed by atoms with van der Waals surface area (Å²) in [5.74, 6) is 0. The molecule has 0 aromatic heterocycles. The second-order valence-electron chi connectivity index (χ2n) is 5.81. The lowest BCUT2D eigenvalue weighted by Gasteiger charge is -2.34. The minimum absolute atomic E-state index is 0.0420. The zero-order valence-corrected chi connectivity index (χ0v) is 11.3. The molecule has 0 aliphatic carbocycles. The number of methoxy groups -OCH3 is 1. The molecule has 100 valence electrons. The van der Waals surface area contributed by atoms with Crippen LogP contribution in [0.15, 0.2) is 0 Å². The van der Waals surface area contributed by atoms with Crippen molar-refractivity contribution in [1.82, 2.24) is 4.90 Å². The Labute approximate surface area is 103 Å². The summed E-state index contributed by atoms with van der Waals surface area (Å²) in [5.41, 5.74) is -1.12. The molecule has 5 nitrogen and oxygen atoms in total. The average Bonchev–Trinajstić information content (AvgIpc) is 2.54. The summed E-state index contributed by atoms with van der Waals surface area (Å²) >= 11 is 0. The van der Waals surface area contributed by atoms with Crippen LogP contribution < -0.4 is 0 Å². The highest BCUT2D eigenvalue weighted by Crippen LogP contribution is 2.31. The van der Waals surface area contributed by atoms with E-state index in [4.69, 9.17) is 9.47 Å². The molecule has 1 aliphatic rings. The second kappa shape index (κ2) is 4.82. The topological polar surface area (TPSA) is 59.0 Å². The Morgan fingerprint density at radius 2 is 2.12 bits per heavy atom. The Morgan fingerprint density at radius 3 is 2.53 bits per heavy atom. The number of amides is 1. The van der Waals surface area contributed by atoms with E-state index in [0.717, 1.165) is 0 Å². The number of carbonyl (C=O) groups is 1. The molecule has 1 aliphatic heterocycles. The lowest BCUT2D eigenvalue weighted by molar-refractivity contribution is -0.000578. The van der Waals surface area contributed by atoms with Gasteiger partial charge in [0.2, 0.25) is 0 Å². The molecule has 2 atom stereocenters. The van der Waals surface area contributed by atoms with E-state index in [2.05, 4.69) is 0 Å².